The lowest BCUT2D eigenvalue weighted by atomic mass is 10.0. The fourth-order valence-corrected chi connectivity index (χ4v) is 2.38. The summed E-state index contributed by atoms with van der Waals surface area (Å²) in [5, 5.41) is 6.03. The predicted molar refractivity (Wildman–Crippen MR) is 94.6 cm³/mol. The molecule has 0 unspecified atom stereocenters. The van der Waals surface area contributed by atoms with Crippen LogP contribution in [0.2, 0.25) is 0 Å². The molecule has 140 valence electrons. The van der Waals surface area contributed by atoms with E-state index in [1.165, 1.54) is 12.1 Å². The minimum absolute atomic E-state index is 0.112. The molecule has 2 N–H and O–H groups in total. The first-order chi connectivity index (χ1) is 12.3. The number of anilines is 1. The number of hydrogen-bond donors (Lipinski definition) is 2. The minimum Gasteiger partial charge on any atom is -0.380 e. The first-order valence-electron chi connectivity index (χ1n) is 8.36. The van der Waals surface area contributed by atoms with Crippen molar-refractivity contribution in [1.82, 2.24) is 10.3 Å². The lowest BCUT2D eigenvalue weighted by Gasteiger charge is -2.24. The van der Waals surface area contributed by atoms with Gasteiger partial charge in [-0.2, -0.15) is 13.2 Å². The SMILES string of the molecule is CC(C)[C@H](CNC(=O)Cc1ccccn1)Nc1ccc(C(F)(F)F)cc1. The van der Waals surface area contributed by atoms with Crippen molar-refractivity contribution in [3.8, 4) is 0 Å². The maximum Gasteiger partial charge on any atom is 0.416 e. The van der Waals surface area contributed by atoms with E-state index in [2.05, 4.69) is 15.6 Å². The van der Waals surface area contributed by atoms with Gasteiger partial charge in [-0.15, -0.1) is 0 Å². The molecule has 0 saturated heterocycles. The first-order valence-corrected chi connectivity index (χ1v) is 8.36. The van der Waals surface area contributed by atoms with Crippen LogP contribution >= 0.6 is 0 Å². The molecule has 0 bridgehead atoms. The van der Waals surface area contributed by atoms with Gasteiger partial charge in [0.25, 0.3) is 0 Å². The van der Waals surface area contributed by atoms with Crippen LogP contribution in [0.1, 0.15) is 25.1 Å². The van der Waals surface area contributed by atoms with Crippen LogP contribution in [0.25, 0.3) is 0 Å². The summed E-state index contributed by atoms with van der Waals surface area (Å²) in [6.07, 6.45) is -2.53. The van der Waals surface area contributed by atoms with Gasteiger partial charge in [0, 0.05) is 30.2 Å². The molecule has 2 aromatic rings. The Morgan fingerprint density at radius 2 is 1.81 bits per heavy atom. The highest BCUT2D eigenvalue weighted by atomic mass is 19.4. The van der Waals surface area contributed by atoms with Crippen molar-refractivity contribution in [2.75, 3.05) is 11.9 Å². The van der Waals surface area contributed by atoms with Crippen LogP contribution < -0.4 is 10.6 Å². The third-order valence-electron chi connectivity index (χ3n) is 3.96. The zero-order chi connectivity index (χ0) is 19.2. The lowest BCUT2D eigenvalue weighted by molar-refractivity contribution is -0.137. The maximum absolute atomic E-state index is 12.6. The molecule has 1 aromatic carbocycles. The summed E-state index contributed by atoms with van der Waals surface area (Å²) in [5.41, 5.74) is 0.574. The summed E-state index contributed by atoms with van der Waals surface area (Å²) in [6, 6.07) is 10.1. The van der Waals surface area contributed by atoms with Crippen molar-refractivity contribution in [2.24, 2.45) is 5.92 Å². The van der Waals surface area contributed by atoms with Crippen molar-refractivity contribution < 1.29 is 18.0 Å². The van der Waals surface area contributed by atoms with Crippen LogP contribution in [-0.2, 0) is 17.4 Å². The summed E-state index contributed by atoms with van der Waals surface area (Å²) in [4.78, 5) is 16.2. The second-order valence-corrected chi connectivity index (χ2v) is 6.37. The van der Waals surface area contributed by atoms with Crippen molar-refractivity contribution in [1.29, 1.82) is 0 Å². The average Bonchev–Trinajstić information content (AvgIpc) is 2.59. The molecule has 4 nitrogen and oxygen atoms in total. The summed E-state index contributed by atoms with van der Waals surface area (Å²) >= 11 is 0. The van der Waals surface area contributed by atoms with Gasteiger partial charge >= 0.3 is 6.18 Å². The molecular weight excluding hydrogens is 343 g/mol. The van der Waals surface area contributed by atoms with Gasteiger partial charge in [-0.05, 0) is 42.3 Å². The van der Waals surface area contributed by atoms with Gasteiger partial charge in [0.1, 0.15) is 0 Å². The fourth-order valence-electron chi connectivity index (χ4n) is 2.38. The van der Waals surface area contributed by atoms with Gasteiger partial charge in [-0.1, -0.05) is 19.9 Å². The normalized spacial score (nSPS) is 12.7. The molecule has 1 heterocycles. The van der Waals surface area contributed by atoms with Gasteiger partial charge in [0.2, 0.25) is 5.91 Å². The van der Waals surface area contributed by atoms with E-state index in [1.54, 1.807) is 18.3 Å². The van der Waals surface area contributed by atoms with E-state index < -0.39 is 11.7 Å². The van der Waals surface area contributed by atoms with E-state index in [-0.39, 0.29) is 24.3 Å². The van der Waals surface area contributed by atoms with Crippen LogP contribution in [0.4, 0.5) is 18.9 Å². The van der Waals surface area contributed by atoms with Crippen LogP contribution in [0, 0.1) is 5.92 Å². The zero-order valence-corrected chi connectivity index (χ0v) is 14.7. The number of nitrogens with one attached hydrogen (secondary N) is 2. The van der Waals surface area contributed by atoms with Gasteiger partial charge in [-0.25, -0.2) is 0 Å². The molecule has 0 aliphatic rings. The molecule has 2 rings (SSSR count). The van der Waals surface area contributed by atoms with Crippen LogP contribution in [-0.4, -0.2) is 23.5 Å². The Morgan fingerprint density at radius 1 is 1.12 bits per heavy atom. The smallest absolute Gasteiger partial charge is 0.380 e. The topological polar surface area (TPSA) is 54.0 Å². The van der Waals surface area contributed by atoms with E-state index >= 15 is 0 Å². The number of pyridine rings is 1. The van der Waals surface area contributed by atoms with Gasteiger partial charge in [0.05, 0.1) is 12.0 Å². The maximum atomic E-state index is 12.6. The highest BCUT2D eigenvalue weighted by Gasteiger charge is 2.30. The Balaban J connectivity index is 1.91. The molecular formula is C19H22F3N3O. The third kappa shape index (κ3) is 6.06. The summed E-state index contributed by atoms with van der Waals surface area (Å²) < 4.78 is 37.9. The fraction of sp³-hybridized carbons (Fsp3) is 0.368. The standard InChI is InChI=1S/C19H22F3N3O/c1-13(2)17(12-24-18(26)11-16-5-3-4-10-23-16)25-15-8-6-14(7-9-15)19(20,21)22/h3-10,13,17,25H,11-12H2,1-2H3,(H,24,26)/t17-/m0/s1. The second-order valence-electron chi connectivity index (χ2n) is 6.37. The molecule has 26 heavy (non-hydrogen) atoms. The zero-order valence-electron chi connectivity index (χ0n) is 14.7. The van der Waals surface area contributed by atoms with Gasteiger partial charge in [0.15, 0.2) is 0 Å². The molecule has 1 amide bonds. The molecule has 1 aromatic heterocycles. The van der Waals surface area contributed by atoms with Gasteiger partial charge in [-0.3, -0.25) is 9.78 Å². The van der Waals surface area contributed by atoms with Crippen LogP contribution in [0.15, 0.2) is 48.7 Å². The molecule has 1 atom stereocenters. The number of hydrogen-bond acceptors (Lipinski definition) is 3. The highest BCUT2D eigenvalue weighted by Crippen LogP contribution is 2.30. The summed E-state index contributed by atoms with van der Waals surface area (Å²) in [5.74, 6) is 0.0241. The molecule has 0 aliphatic heterocycles. The molecule has 0 fully saturated rings. The van der Waals surface area contributed by atoms with E-state index in [0.717, 1.165) is 12.1 Å². The first kappa shape index (κ1) is 19.8. The average molecular weight is 365 g/mol. The van der Waals surface area contributed by atoms with Crippen molar-refractivity contribution >= 4 is 11.6 Å². The number of benzene rings is 1. The Labute approximate surface area is 150 Å². The predicted octanol–water partition coefficient (Wildman–Crippen LogP) is 3.90. The number of alkyl halides is 3. The molecule has 0 saturated carbocycles. The molecule has 0 radical (unpaired) electrons. The van der Waals surface area contributed by atoms with E-state index in [0.29, 0.717) is 17.9 Å². The number of halogens is 3. The monoisotopic (exact) mass is 365 g/mol. The number of nitrogens with zero attached hydrogens (tertiary/aromatic N) is 1. The quantitative estimate of drug-likeness (QED) is 0.783. The van der Waals surface area contributed by atoms with E-state index in [4.69, 9.17) is 0 Å². The van der Waals surface area contributed by atoms with Gasteiger partial charge < -0.3 is 10.6 Å². The number of rotatable bonds is 7. The molecule has 0 aliphatic carbocycles. The van der Waals surface area contributed by atoms with E-state index in [9.17, 15) is 18.0 Å². The number of carbonyl (C=O) groups excluding carboxylic acids is 1. The minimum atomic E-state index is -4.35. The molecule has 0 spiro atoms. The van der Waals surface area contributed by atoms with E-state index in [1.807, 2.05) is 19.9 Å². The number of aromatic nitrogens is 1. The Hall–Kier alpha value is -2.57. The summed E-state index contributed by atoms with van der Waals surface area (Å²) in [7, 11) is 0. The summed E-state index contributed by atoms with van der Waals surface area (Å²) in [6.45, 7) is 4.32. The Bertz CT molecular complexity index is 700. The van der Waals surface area contributed by atoms with Crippen molar-refractivity contribution in [3.63, 3.8) is 0 Å². The van der Waals surface area contributed by atoms with Crippen molar-refractivity contribution in [2.45, 2.75) is 32.5 Å². The van der Waals surface area contributed by atoms with Crippen molar-refractivity contribution in [3.05, 3.63) is 59.9 Å². The highest BCUT2D eigenvalue weighted by molar-refractivity contribution is 5.78. The van der Waals surface area contributed by atoms with Crippen LogP contribution in [0.3, 0.4) is 0 Å². The Morgan fingerprint density at radius 3 is 2.35 bits per heavy atom. The number of amides is 1. The lowest BCUT2D eigenvalue weighted by Crippen LogP contribution is -2.40. The largest absolute Gasteiger partial charge is 0.416 e. The van der Waals surface area contributed by atoms with Crippen LogP contribution in [0.5, 0.6) is 0 Å². The third-order valence-corrected chi connectivity index (χ3v) is 3.96. The number of carbonyl (C=O) groups is 1. The Kier molecular flexibility index (Phi) is 6.60. The second kappa shape index (κ2) is 8.69. The molecule has 7 heteroatoms.